The van der Waals surface area contributed by atoms with E-state index in [0.29, 0.717) is 0 Å². The maximum absolute atomic E-state index is 4.07. The molecule has 0 aliphatic carbocycles. The lowest BCUT2D eigenvalue weighted by molar-refractivity contribution is 0.650. The van der Waals surface area contributed by atoms with Crippen molar-refractivity contribution >= 4 is 27.3 Å². The fourth-order valence-corrected chi connectivity index (χ4v) is 2.26. The Bertz CT molecular complexity index is 382. The average Bonchev–Trinajstić information content (AvgIpc) is 2.79. The highest BCUT2D eigenvalue weighted by molar-refractivity contribution is 9.09. The van der Waals surface area contributed by atoms with Gasteiger partial charge in [-0.25, -0.2) is 4.68 Å². The topological polar surface area (TPSA) is 30.7 Å². The second-order valence-corrected chi connectivity index (χ2v) is 4.55. The number of rotatable bonds is 4. The monoisotopic (exact) mass is 271 g/mol. The molecule has 74 valence electrons. The van der Waals surface area contributed by atoms with Crippen LogP contribution in [0.4, 0.5) is 0 Å². The van der Waals surface area contributed by atoms with Crippen molar-refractivity contribution in [2.24, 2.45) is 0 Å². The highest BCUT2D eigenvalue weighted by Gasteiger charge is 2.00. The van der Waals surface area contributed by atoms with Crippen LogP contribution in [0.15, 0.2) is 23.0 Å². The summed E-state index contributed by atoms with van der Waals surface area (Å²) in [5.41, 5.74) is 2.32. The van der Waals surface area contributed by atoms with E-state index in [-0.39, 0.29) is 0 Å². The minimum absolute atomic E-state index is 0.818. The first-order valence-corrected chi connectivity index (χ1v) is 6.41. The van der Waals surface area contributed by atoms with Gasteiger partial charge in [0, 0.05) is 17.9 Å². The Morgan fingerprint density at radius 3 is 3.14 bits per heavy atom. The maximum Gasteiger partial charge on any atom is 0.0835 e. The van der Waals surface area contributed by atoms with Gasteiger partial charge in [0.1, 0.15) is 0 Å². The first-order chi connectivity index (χ1) is 6.88. The van der Waals surface area contributed by atoms with E-state index in [4.69, 9.17) is 0 Å². The number of hydrogen-bond acceptors (Lipinski definition) is 3. The minimum Gasteiger partial charge on any atom is -0.248 e. The van der Waals surface area contributed by atoms with Gasteiger partial charge in [-0.15, -0.1) is 5.10 Å². The maximum atomic E-state index is 4.07. The summed E-state index contributed by atoms with van der Waals surface area (Å²) in [6.45, 7) is 0.818. The Labute approximate surface area is 94.9 Å². The second-order valence-electron chi connectivity index (χ2n) is 2.98. The second kappa shape index (κ2) is 4.70. The van der Waals surface area contributed by atoms with Crippen LogP contribution >= 0.6 is 27.3 Å². The van der Waals surface area contributed by atoms with Crippen LogP contribution in [-0.4, -0.2) is 20.3 Å². The van der Waals surface area contributed by atoms with Crippen LogP contribution in [0.5, 0.6) is 0 Å². The van der Waals surface area contributed by atoms with E-state index < -0.39 is 0 Å². The van der Waals surface area contributed by atoms with E-state index in [1.807, 2.05) is 10.9 Å². The molecule has 0 atom stereocenters. The third-order valence-electron chi connectivity index (χ3n) is 1.86. The number of aryl methyl sites for hydroxylation is 1. The van der Waals surface area contributed by atoms with Crippen molar-refractivity contribution < 1.29 is 0 Å². The summed E-state index contributed by atoms with van der Waals surface area (Å²) in [6.07, 6.45) is 2.93. The molecule has 0 unspecified atom stereocenters. The molecular formula is C9H10BrN3S. The number of halogens is 1. The van der Waals surface area contributed by atoms with Crippen LogP contribution in [-0.2, 0) is 13.0 Å². The van der Waals surface area contributed by atoms with E-state index in [1.54, 1.807) is 11.3 Å². The summed E-state index contributed by atoms with van der Waals surface area (Å²) < 4.78 is 1.88. The molecule has 2 aromatic heterocycles. The summed E-state index contributed by atoms with van der Waals surface area (Å²) in [4.78, 5) is 0. The molecule has 0 aliphatic rings. The zero-order chi connectivity index (χ0) is 9.80. The normalized spacial score (nSPS) is 10.6. The Morgan fingerprint density at radius 1 is 1.50 bits per heavy atom. The van der Waals surface area contributed by atoms with Gasteiger partial charge >= 0.3 is 0 Å². The van der Waals surface area contributed by atoms with Crippen LogP contribution in [0.2, 0.25) is 0 Å². The molecule has 0 bridgehead atoms. The molecule has 0 aliphatic heterocycles. The minimum atomic E-state index is 0.818. The van der Waals surface area contributed by atoms with Gasteiger partial charge in [0.25, 0.3) is 0 Å². The SMILES string of the molecule is BrCCc1cn(Cc2ccsc2)nn1. The zero-order valence-electron chi connectivity index (χ0n) is 7.56. The Morgan fingerprint density at radius 2 is 2.43 bits per heavy atom. The lowest BCUT2D eigenvalue weighted by atomic mass is 10.3. The standard InChI is InChI=1S/C9H10BrN3S/c10-3-1-9-6-13(12-11-9)5-8-2-4-14-7-8/h2,4,6-7H,1,3,5H2. The molecule has 0 amide bonds. The number of thiophene rings is 1. The Balaban J connectivity index is 2.03. The predicted octanol–water partition coefficient (Wildman–Crippen LogP) is 2.33. The first-order valence-electron chi connectivity index (χ1n) is 4.34. The van der Waals surface area contributed by atoms with Gasteiger partial charge < -0.3 is 0 Å². The summed E-state index contributed by atoms with van der Waals surface area (Å²) in [5.74, 6) is 0. The first kappa shape index (κ1) is 9.86. The van der Waals surface area contributed by atoms with Crippen molar-refractivity contribution in [3.8, 4) is 0 Å². The number of hydrogen-bond donors (Lipinski definition) is 0. The van der Waals surface area contributed by atoms with Crippen molar-refractivity contribution in [2.75, 3.05) is 5.33 Å². The van der Waals surface area contributed by atoms with Gasteiger partial charge in [-0.05, 0) is 22.4 Å². The molecule has 0 spiro atoms. The van der Waals surface area contributed by atoms with E-state index in [2.05, 4.69) is 43.1 Å². The van der Waals surface area contributed by atoms with Crippen molar-refractivity contribution in [1.29, 1.82) is 0 Å². The van der Waals surface area contributed by atoms with Gasteiger partial charge in [0.15, 0.2) is 0 Å². The highest BCUT2D eigenvalue weighted by atomic mass is 79.9. The van der Waals surface area contributed by atoms with Crippen molar-refractivity contribution in [3.05, 3.63) is 34.3 Å². The smallest absolute Gasteiger partial charge is 0.0835 e. The molecule has 0 N–H and O–H groups in total. The average molecular weight is 272 g/mol. The fourth-order valence-electron chi connectivity index (χ4n) is 1.20. The van der Waals surface area contributed by atoms with Crippen molar-refractivity contribution in [2.45, 2.75) is 13.0 Å². The highest BCUT2D eigenvalue weighted by Crippen LogP contribution is 2.07. The van der Waals surface area contributed by atoms with Gasteiger partial charge in [-0.1, -0.05) is 21.1 Å². The molecule has 0 saturated heterocycles. The predicted molar refractivity (Wildman–Crippen MR) is 60.9 cm³/mol. The quantitative estimate of drug-likeness (QED) is 0.800. The molecule has 3 nitrogen and oxygen atoms in total. The molecule has 5 heteroatoms. The molecule has 2 heterocycles. The Kier molecular flexibility index (Phi) is 3.31. The summed E-state index contributed by atoms with van der Waals surface area (Å²) in [7, 11) is 0. The van der Waals surface area contributed by atoms with Gasteiger partial charge in [0.2, 0.25) is 0 Å². The molecule has 2 rings (SSSR count). The third kappa shape index (κ3) is 2.42. The summed E-state index contributed by atoms with van der Waals surface area (Å²) >= 11 is 5.09. The number of aromatic nitrogens is 3. The van der Waals surface area contributed by atoms with E-state index in [1.165, 1.54) is 5.56 Å². The van der Waals surface area contributed by atoms with Crippen LogP contribution in [0, 0.1) is 0 Å². The molecule has 0 fully saturated rings. The van der Waals surface area contributed by atoms with Crippen LogP contribution < -0.4 is 0 Å². The van der Waals surface area contributed by atoms with E-state index in [0.717, 1.165) is 24.0 Å². The van der Waals surface area contributed by atoms with Crippen LogP contribution in [0.25, 0.3) is 0 Å². The molecule has 0 aromatic carbocycles. The van der Waals surface area contributed by atoms with Crippen LogP contribution in [0.3, 0.4) is 0 Å². The Hall–Kier alpha value is -0.680. The van der Waals surface area contributed by atoms with Gasteiger partial charge in [-0.2, -0.15) is 11.3 Å². The summed E-state index contributed by atoms with van der Waals surface area (Å²) in [5, 5.41) is 13.3. The van der Waals surface area contributed by atoms with Crippen molar-refractivity contribution in [1.82, 2.24) is 15.0 Å². The molecular weight excluding hydrogens is 262 g/mol. The molecule has 0 radical (unpaired) electrons. The van der Waals surface area contributed by atoms with E-state index in [9.17, 15) is 0 Å². The largest absolute Gasteiger partial charge is 0.248 e. The van der Waals surface area contributed by atoms with Gasteiger partial charge in [0.05, 0.1) is 12.2 Å². The number of alkyl halides is 1. The lowest BCUT2D eigenvalue weighted by Gasteiger charge is -1.95. The van der Waals surface area contributed by atoms with E-state index >= 15 is 0 Å². The molecule has 2 aromatic rings. The summed E-state index contributed by atoms with van der Waals surface area (Å²) in [6, 6.07) is 2.11. The molecule has 14 heavy (non-hydrogen) atoms. The zero-order valence-corrected chi connectivity index (χ0v) is 9.96. The lowest BCUT2D eigenvalue weighted by Crippen LogP contribution is -1.98. The number of nitrogens with zero attached hydrogens (tertiary/aromatic N) is 3. The van der Waals surface area contributed by atoms with Crippen LogP contribution in [0.1, 0.15) is 11.3 Å². The van der Waals surface area contributed by atoms with Crippen molar-refractivity contribution in [3.63, 3.8) is 0 Å². The van der Waals surface area contributed by atoms with Gasteiger partial charge in [-0.3, -0.25) is 0 Å². The fraction of sp³-hybridized carbons (Fsp3) is 0.333. The molecule has 0 saturated carbocycles. The third-order valence-corrected chi connectivity index (χ3v) is 2.99.